The van der Waals surface area contributed by atoms with E-state index in [4.69, 9.17) is 35.6 Å². The fourth-order valence-electron chi connectivity index (χ4n) is 9.27. The molecule has 0 spiro atoms. The lowest BCUT2D eigenvalue weighted by molar-refractivity contribution is -0.146. The Kier molecular flexibility index (Phi) is 12.2. The summed E-state index contributed by atoms with van der Waals surface area (Å²) in [6.45, 7) is 4.23. The van der Waals surface area contributed by atoms with Gasteiger partial charge in [0.2, 0.25) is 0 Å². The zero-order valence-electron chi connectivity index (χ0n) is 33.9. The number of esters is 1. The summed E-state index contributed by atoms with van der Waals surface area (Å²) in [6, 6.07) is 23.1. The Morgan fingerprint density at radius 1 is 0.949 bits per heavy atom. The fraction of sp³-hybridized carbons (Fsp3) is 0.404. The third-order valence-electron chi connectivity index (χ3n) is 12.1. The first kappa shape index (κ1) is 40.7. The van der Waals surface area contributed by atoms with Crippen LogP contribution in [0.15, 0.2) is 82.1 Å². The average Bonchev–Trinajstić information content (AvgIpc) is 4.07. The molecular formula is C47H50N2O8S2. The van der Waals surface area contributed by atoms with Crippen LogP contribution in [-0.2, 0) is 25.5 Å². The number of amides is 2. The molecule has 3 aliphatic carbocycles. The summed E-state index contributed by atoms with van der Waals surface area (Å²) in [7, 11) is 3.19. The Morgan fingerprint density at radius 3 is 2.27 bits per heavy atom. The second kappa shape index (κ2) is 17.6. The van der Waals surface area contributed by atoms with Crippen LogP contribution in [0.5, 0.6) is 11.5 Å². The van der Waals surface area contributed by atoms with Crippen LogP contribution < -0.4 is 14.8 Å². The van der Waals surface area contributed by atoms with Gasteiger partial charge in [-0.1, -0.05) is 92.8 Å². The number of alkyl carbamates (subject to hydrolysis) is 1. The van der Waals surface area contributed by atoms with E-state index in [1.54, 1.807) is 26.4 Å². The zero-order valence-corrected chi connectivity index (χ0v) is 35.5. The van der Waals surface area contributed by atoms with E-state index in [-0.39, 0.29) is 37.0 Å². The number of benzene rings is 3. The predicted octanol–water partition coefficient (Wildman–Crippen LogP) is 9.78. The molecule has 4 atom stereocenters. The maximum atomic E-state index is 13.9. The number of carbonyl (C=O) groups excluding carboxylic acids is 3. The smallest absolute Gasteiger partial charge is 0.407 e. The van der Waals surface area contributed by atoms with Crippen molar-refractivity contribution < 1.29 is 37.7 Å². The molecule has 2 amide bonds. The molecular weight excluding hydrogens is 785 g/mol. The van der Waals surface area contributed by atoms with Gasteiger partial charge in [-0.2, -0.15) is 0 Å². The van der Waals surface area contributed by atoms with Crippen LogP contribution in [0.2, 0.25) is 0 Å². The van der Waals surface area contributed by atoms with E-state index in [1.165, 1.54) is 24.6 Å². The highest BCUT2D eigenvalue weighted by Crippen LogP contribution is 2.50. The average molecular weight is 835 g/mol. The van der Waals surface area contributed by atoms with Crippen molar-refractivity contribution in [3.8, 4) is 33.9 Å². The van der Waals surface area contributed by atoms with Gasteiger partial charge in [-0.3, -0.25) is 9.69 Å². The zero-order chi connectivity index (χ0) is 41.2. The molecule has 3 unspecified atom stereocenters. The largest absolute Gasteiger partial charge is 0.497 e. The Morgan fingerprint density at radius 2 is 1.64 bits per heavy atom. The number of fused-ring (bicyclic) bond motifs is 5. The molecule has 0 radical (unpaired) electrons. The van der Waals surface area contributed by atoms with E-state index < -0.39 is 18.1 Å². The number of thiocarbonyl (C=S) groups is 1. The summed E-state index contributed by atoms with van der Waals surface area (Å²) in [4.78, 5) is 42.9. The van der Waals surface area contributed by atoms with E-state index in [2.05, 4.69) is 29.6 Å². The summed E-state index contributed by atoms with van der Waals surface area (Å²) in [6.07, 6.45) is 7.06. The number of carbonyl (C=O) groups is 3. The molecule has 3 fully saturated rings. The van der Waals surface area contributed by atoms with Gasteiger partial charge in [-0.05, 0) is 102 Å². The van der Waals surface area contributed by atoms with Crippen molar-refractivity contribution in [3.63, 3.8) is 0 Å². The van der Waals surface area contributed by atoms with Crippen molar-refractivity contribution in [1.82, 2.24) is 10.2 Å². The first-order chi connectivity index (χ1) is 28.6. The summed E-state index contributed by atoms with van der Waals surface area (Å²) < 4.78 is 29.6. The number of nitrogens with zero attached hydrogens (tertiary/aromatic N) is 1. The number of rotatable bonds is 15. The Labute approximate surface area is 355 Å². The molecule has 59 heavy (non-hydrogen) atoms. The molecule has 1 aliphatic heterocycles. The molecule has 308 valence electrons. The summed E-state index contributed by atoms with van der Waals surface area (Å²) in [5, 5.41) is 2.78. The fourth-order valence-corrected chi connectivity index (χ4v) is 10.6. The highest BCUT2D eigenvalue weighted by atomic mass is 32.2. The van der Waals surface area contributed by atoms with E-state index in [0.717, 1.165) is 46.2 Å². The van der Waals surface area contributed by atoms with Gasteiger partial charge in [0.25, 0.3) is 5.91 Å². The highest BCUT2D eigenvalue weighted by Gasteiger charge is 2.48. The highest BCUT2D eigenvalue weighted by molar-refractivity contribution is 8.26. The third-order valence-corrected chi connectivity index (χ3v) is 13.4. The maximum absolute atomic E-state index is 13.9. The number of ether oxygens (including phenoxy) is 4. The predicted molar refractivity (Wildman–Crippen MR) is 232 cm³/mol. The molecule has 3 aromatic carbocycles. The van der Waals surface area contributed by atoms with Crippen LogP contribution >= 0.6 is 24.0 Å². The van der Waals surface area contributed by atoms with Crippen molar-refractivity contribution >= 4 is 52.3 Å². The summed E-state index contributed by atoms with van der Waals surface area (Å²) in [5.41, 5.74) is 6.10. The number of furan rings is 1. The first-order valence-corrected chi connectivity index (χ1v) is 21.7. The van der Waals surface area contributed by atoms with Crippen molar-refractivity contribution in [2.45, 2.75) is 76.8 Å². The minimum Gasteiger partial charge on any atom is -0.497 e. The van der Waals surface area contributed by atoms with Gasteiger partial charge >= 0.3 is 12.1 Å². The van der Waals surface area contributed by atoms with Gasteiger partial charge in [-0.15, -0.1) is 0 Å². The second-order valence-electron chi connectivity index (χ2n) is 16.3. The van der Waals surface area contributed by atoms with E-state index in [0.29, 0.717) is 63.3 Å². The standard InChI is InChI=1S/C47H50N2O8S2/c1-27(2)18-39(48-46(52)56-26-38-36-13-7-5-11-34(36)35-12-6-8-14-37(35)38)45(51)55-17-9-10-30-23-41(31-21-32(53-3)24-33(22-31)54-4)57-42(30)25-43-44(50)49(47(58)59-43)40-20-28-15-16-29(40)19-28/h5-8,11-14,21-25,27-29,38-40H,9-10,15-20,26H2,1-4H3,(H,48,52)/b43-25-/t28?,29?,39-,40?/m0/s1. The topological polar surface area (TPSA) is 117 Å². The molecule has 8 rings (SSSR count). The number of hydrogen-bond acceptors (Lipinski definition) is 10. The molecule has 4 aromatic rings. The van der Waals surface area contributed by atoms with Crippen LogP contribution in [-0.4, -0.2) is 66.7 Å². The molecule has 2 bridgehead atoms. The maximum Gasteiger partial charge on any atom is 0.407 e. The van der Waals surface area contributed by atoms with Gasteiger partial charge in [0, 0.05) is 29.7 Å². The monoisotopic (exact) mass is 834 g/mol. The Bertz CT molecular complexity index is 2210. The lowest BCUT2D eigenvalue weighted by Crippen LogP contribution is -2.43. The van der Waals surface area contributed by atoms with Gasteiger partial charge < -0.3 is 28.7 Å². The Hall–Kier alpha value is -5.07. The van der Waals surface area contributed by atoms with Crippen LogP contribution in [0.4, 0.5) is 4.79 Å². The minimum absolute atomic E-state index is 0.0708. The van der Waals surface area contributed by atoms with Gasteiger partial charge in [0.05, 0.1) is 25.7 Å². The minimum atomic E-state index is -0.873. The lowest BCUT2D eigenvalue weighted by Gasteiger charge is -2.30. The molecule has 10 nitrogen and oxygen atoms in total. The molecule has 2 heterocycles. The third kappa shape index (κ3) is 8.66. The Balaban J connectivity index is 0.932. The van der Waals surface area contributed by atoms with Crippen LogP contribution in [0.1, 0.15) is 80.7 Å². The van der Waals surface area contributed by atoms with Crippen molar-refractivity contribution in [1.29, 1.82) is 0 Å². The number of hydrogen-bond donors (Lipinski definition) is 1. The van der Waals surface area contributed by atoms with Crippen LogP contribution in [0.25, 0.3) is 28.5 Å². The summed E-state index contributed by atoms with van der Waals surface area (Å²) >= 11 is 7.09. The lowest BCUT2D eigenvalue weighted by atomic mass is 9.94. The van der Waals surface area contributed by atoms with E-state index in [9.17, 15) is 14.4 Å². The van der Waals surface area contributed by atoms with Gasteiger partial charge in [-0.25, -0.2) is 9.59 Å². The number of thioether (sulfide) groups is 1. The molecule has 2 saturated carbocycles. The molecule has 1 saturated heterocycles. The number of aryl methyl sites for hydroxylation is 1. The van der Waals surface area contributed by atoms with Gasteiger partial charge in [0.15, 0.2) is 0 Å². The van der Waals surface area contributed by atoms with E-state index >= 15 is 0 Å². The van der Waals surface area contributed by atoms with Crippen LogP contribution in [0, 0.1) is 17.8 Å². The SMILES string of the molecule is COc1cc(OC)cc(-c2cc(CCCOC(=O)[C@H](CC(C)C)NC(=O)OCC3c4ccccc4-c4ccccc43)c(/C=C3\SC(=S)N(C4CC5CCC4C5)C3=O)o2)c1. The van der Waals surface area contributed by atoms with Crippen molar-refractivity contribution in [2.24, 2.45) is 17.8 Å². The quantitative estimate of drug-likeness (QED) is 0.0537. The van der Waals surface area contributed by atoms with Crippen molar-refractivity contribution in [2.75, 3.05) is 27.4 Å². The number of methoxy groups -OCH3 is 2. The first-order valence-electron chi connectivity index (χ1n) is 20.5. The number of nitrogens with one attached hydrogen (secondary N) is 1. The van der Waals surface area contributed by atoms with Crippen LogP contribution in [0.3, 0.4) is 0 Å². The second-order valence-corrected chi connectivity index (χ2v) is 18.0. The normalized spacial score (nSPS) is 20.6. The summed E-state index contributed by atoms with van der Waals surface area (Å²) in [5.74, 6) is 2.95. The molecule has 1 N–H and O–H groups in total. The molecule has 12 heteroatoms. The molecule has 4 aliphatic rings. The van der Waals surface area contributed by atoms with Gasteiger partial charge in [0.1, 0.15) is 40.0 Å². The van der Waals surface area contributed by atoms with Crippen molar-refractivity contribution in [3.05, 3.63) is 100 Å². The molecule has 1 aromatic heterocycles. The van der Waals surface area contributed by atoms with E-state index in [1.807, 2.05) is 61.2 Å².